The lowest BCUT2D eigenvalue weighted by Gasteiger charge is -2.19. The topological polar surface area (TPSA) is 85.5 Å². The molecule has 2 aliphatic carbocycles. The summed E-state index contributed by atoms with van der Waals surface area (Å²) in [5, 5.41) is 17.0. The largest absolute Gasteiger partial charge is 0.493 e. The molecule has 9 heteroatoms. The van der Waals surface area contributed by atoms with Gasteiger partial charge in [-0.15, -0.1) is 10.2 Å². The number of fused-ring (bicyclic) bond motifs is 2. The van der Waals surface area contributed by atoms with Crippen LogP contribution < -0.4 is 4.74 Å². The minimum absolute atomic E-state index is 0.0405. The third-order valence-electron chi connectivity index (χ3n) is 8.83. The minimum Gasteiger partial charge on any atom is -0.493 e. The maximum Gasteiger partial charge on any atom is 0.417 e. The molecule has 3 aromatic carbocycles. The first kappa shape index (κ1) is 25.8. The van der Waals surface area contributed by atoms with E-state index in [0.29, 0.717) is 47.8 Å². The van der Waals surface area contributed by atoms with Gasteiger partial charge in [0, 0.05) is 24.0 Å². The van der Waals surface area contributed by atoms with Crippen LogP contribution in [-0.4, -0.2) is 27.9 Å². The fourth-order valence-corrected chi connectivity index (χ4v) is 6.89. The Labute approximate surface area is 234 Å². The van der Waals surface area contributed by atoms with E-state index in [4.69, 9.17) is 9.15 Å². The molecule has 2 heterocycles. The Bertz CT molecular complexity index is 1660. The second kappa shape index (κ2) is 9.46. The molecule has 1 aliphatic heterocycles. The average Bonchev–Trinajstić information content (AvgIpc) is 3.22. The number of aliphatic carboxylic acids is 1. The number of rotatable bonds is 6. The van der Waals surface area contributed by atoms with Gasteiger partial charge in [0.25, 0.3) is 0 Å². The molecular weight excluding hydrogens is 533 g/mol. The maximum atomic E-state index is 14.2. The Morgan fingerprint density at radius 3 is 2.46 bits per heavy atom. The van der Waals surface area contributed by atoms with Gasteiger partial charge in [-0.1, -0.05) is 30.3 Å². The number of hydrogen-bond acceptors (Lipinski definition) is 5. The summed E-state index contributed by atoms with van der Waals surface area (Å²) in [6.45, 7) is 2.06. The average molecular weight is 561 g/mol. The van der Waals surface area contributed by atoms with Crippen LogP contribution in [0.15, 0.2) is 59.0 Å². The van der Waals surface area contributed by atoms with E-state index in [1.165, 1.54) is 6.07 Å². The van der Waals surface area contributed by atoms with Crippen LogP contribution in [0.25, 0.3) is 22.6 Å². The number of ether oxygens (including phenoxy) is 1. The van der Waals surface area contributed by atoms with Gasteiger partial charge in [-0.25, -0.2) is 0 Å². The van der Waals surface area contributed by atoms with Crippen LogP contribution in [0.1, 0.15) is 70.7 Å². The van der Waals surface area contributed by atoms with Crippen LogP contribution in [0, 0.1) is 12.8 Å². The summed E-state index contributed by atoms with van der Waals surface area (Å²) in [4.78, 5) is 11.2. The summed E-state index contributed by atoms with van der Waals surface area (Å²) >= 11 is 0. The first-order valence-electron chi connectivity index (χ1n) is 13.8. The number of benzene rings is 3. The molecule has 6 nitrogen and oxygen atoms in total. The zero-order valence-electron chi connectivity index (χ0n) is 22.2. The van der Waals surface area contributed by atoms with Crippen molar-refractivity contribution in [1.29, 1.82) is 0 Å². The molecule has 1 saturated carbocycles. The fourth-order valence-electron chi connectivity index (χ4n) is 6.89. The van der Waals surface area contributed by atoms with E-state index in [0.717, 1.165) is 40.8 Å². The molecule has 0 radical (unpaired) electrons. The van der Waals surface area contributed by atoms with Gasteiger partial charge < -0.3 is 14.3 Å². The highest BCUT2D eigenvalue weighted by Crippen LogP contribution is 2.60. The van der Waals surface area contributed by atoms with Gasteiger partial charge >= 0.3 is 12.1 Å². The quantitative estimate of drug-likeness (QED) is 0.263. The van der Waals surface area contributed by atoms with Crippen molar-refractivity contribution in [3.63, 3.8) is 0 Å². The number of carboxylic acids is 1. The Morgan fingerprint density at radius 2 is 1.76 bits per heavy atom. The van der Waals surface area contributed by atoms with Gasteiger partial charge in [0.05, 0.1) is 18.6 Å². The van der Waals surface area contributed by atoms with E-state index in [9.17, 15) is 23.1 Å². The number of hydrogen-bond donors (Lipinski definition) is 1. The van der Waals surface area contributed by atoms with Crippen LogP contribution in [0.4, 0.5) is 13.2 Å². The lowest BCUT2D eigenvalue weighted by molar-refractivity contribution is -0.138. The lowest BCUT2D eigenvalue weighted by atomic mass is 9.88. The lowest BCUT2D eigenvalue weighted by Crippen LogP contribution is -2.10. The second-order valence-corrected chi connectivity index (χ2v) is 11.3. The number of halogens is 3. The highest BCUT2D eigenvalue weighted by Gasteiger charge is 2.48. The number of aryl methyl sites for hydroxylation is 1. The van der Waals surface area contributed by atoms with E-state index in [-0.39, 0.29) is 23.8 Å². The minimum atomic E-state index is -4.48. The van der Waals surface area contributed by atoms with Crippen LogP contribution in [0.2, 0.25) is 0 Å². The van der Waals surface area contributed by atoms with Crippen molar-refractivity contribution in [3.05, 3.63) is 88.3 Å². The Balaban J connectivity index is 1.18. The molecule has 4 atom stereocenters. The summed E-state index contributed by atoms with van der Waals surface area (Å²) in [6.07, 6.45) is -2.06. The summed E-state index contributed by atoms with van der Waals surface area (Å²) < 4.78 is 54.0. The maximum absolute atomic E-state index is 14.2. The van der Waals surface area contributed by atoms with Gasteiger partial charge in [0.1, 0.15) is 5.75 Å². The van der Waals surface area contributed by atoms with Crippen LogP contribution in [-0.2, 0) is 17.4 Å². The normalized spacial score (nSPS) is 22.7. The molecule has 1 aromatic heterocycles. The molecule has 0 saturated heterocycles. The highest BCUT2D eigenvalue weighted by atomic mass is 19.4. The van der Waals surface area contributed by atoms with Gasteiger partial charge in [-0.05, 0) is 89.1 Å². The molecule has 210 valence electrons. The van der Waals surface area contributed by atoms with Crippen molar-refractivity contribution in [3.8, 4) is 28.3 Å². The van der Waals surface area contributed by atoms with Gasteiger partial charge in [0.2, 0.25) is 11.8 Å². The number of carboxylic acid groups (broad SMARTS) is 1. The molecule has 41 heavy (non-hydrogen) atoms. The summed E-state index contributed by atoms with van der Waals surface area (Å²) in [7, 11) is 0. The highest BCUT2D eigenvalue weighted by molar-refractivity contribution is 5.76. The predicted octanol–water partition coefficient (Wildman–Crippen LogP) is 7.52. The smallest absolute Gasteiger partial charge is 0.417 e. The zero-order valence-corrected chi connectivity index (χ0v) is 22.2. The van der Waals surface area contributed by atoms with Crippen LogP contribution in [0.3, 0.4) is 0 Å². The molecule has 1 N–H and O–H groups in total. The predicted molar refractivity (Wildman–Crippen MR) is 144 cm³/mol. The van der Waals surface area contributed by atoms with Crippen molar-refractivity contribution in [2.75, 3.05) is 6.61 Å². The number of carbonyl (C=O) groups is 1. The second-order valence-electron chi connectivity index (χ2n) is 11.3. The number of nitrogens with zero attached hydrogens (tertiary/aromatic N) is 2. The first-order valence-corrected chi connectivity index (χ1v) is 13.8. The van der Waals surface area contributed by atoms with Gasteiger partial charge in [-0.2, -0.15) is 13.2 Å². The van der Waals surface area contributed by atoms with E-state index in [2.05, 4.69) is 16.3 Å². The molecule has 4 unspecified atom stereocenters. The number of aromatic nitrogens is 2. The molecule has 0 amide bonds. The van der Waals surface area contributed by atoms with Gasteiger partial charge in [-0.3, -0.25) is 4.79 Å². The molecular formula is C32H27F3N2O4. The van der Waals surface area contributed by atoms with E-state index < -0.39 is 17.7 Å². The van der Waals surface area contributed by atoms with Gasteiger partial charge in [0.15, 0.2) is 0 Å². The standard InChI is InChI=1S/C32H27F3N2O4/c1-16-36-37-31(41-16)18-4-2-17(3-5-18)30-24-9-8-23(22(24)10-11-27(30)32(33,34)35)26-14-25(26)19-6-7-21-20(13-29(38)39)15-40-28(21)12-19/h2-7,10-12,20,23,25-26H,8-9,13-15H2,1H3,(H,38,39). The molecule has 0 spiro atoms. The monoisotopic (exact) mass is 560 g/mol. The van der Waals surface area contributed by atoms with E-state index in [1.54, 1.807) is 37.3 Å². The van der Waals surface area contributed by atoms with Crippen molar-refractivity contribution >= 4 is 5.97 Å². The van der Waals surface area contributed by atoms with Crippen molar-refractivity contribution < 1.29 is 32.2 Å². The Hall–Kier alpha value is -4.14. The zero-order chi connectivity index (χ0) is 28.5. The number of alkyl halides is 3. The van der Waals surface area contributed by atoms with Crippen molar-refractivity contribution in [2.45, 2.75) is 56.5 Å². The van der Waals surface area contributed by atoms with Crippen LogP contribution in [0.5, 0.6) is 5.75 Å². The Morgan fingerprint density at radius 1 is 1.00 bits per heavy atom. The van der Waals surface area contributed by atoms with Crippen molar-refractivity contribution in [1.82, 2.24) is 10.2 Å². The Kier molecular flexibility index (Phi) is 5.96. The van der Waals surface area contributed by atoms with Crippen LogP contribution >= 0.6 is 0 Å². The summed E-state index contributed by atoms with van der Waals surface area (Å²) in [5.41, 5.74) is 4.70. The molecule has 0 bridgehead atoms. The summed E-state index contributed by atoms with van der Waals surface area (Å²) in [6, 6.07) is 15.9. The fraction of sp³-hybridized carbons (Fsp3) is 0.344. The first-order chi connectivity index (χ1) is 19.7. The van der Waals surface area contributed by atoms with Crippen molar-refractivity contribution in [2.24, 2.45) is 5.92 Å². The van der Waals surface area contributed by atoms with E-state index in [1.807, 2.05) is 12.1 Å². The third kappa shape index (κ3) is 4.57. The third-order valence-corrected chi connectivity index (χ3v) is 8.83. The SMILES string of the molecule is Cc1nnc(-c2ccc(-c3c(C(F)(F)F)ccc4c3CCC4C3CC3c3ccc4c(c3)OCC4CC(=O)O)cc2)o1. The van der Waals surface area contributed by atoms with E-state index >= 15 is 0 Å². The molecule has 7 rings (SSSR count). The molecule has 1 fully saturated rings. The summed E-state index contributed by atoms with van der Waals surface area (Å²) in [5.74, 6) is 1.36. The molecule has 4 aromatic rings. The molecule has 3 aliphatic rings.